The van der Waals surface area contributed by atoms with Crippen LogP contribution in [0.2, 0.25) is 5.02 Å². The highest BCUT2D eigenvalue weighted by atomic mass is 35.5. The van der Waals surface area contributed by atoms with E-state index in [1.165, 1.54) is 6.20 Å². The van der Waals surface area contributed by atoms with E-state index in [2.05, 4.69) is 26.2 Å². The highest BCUT2D eigenvalue weighted by molar-refractivity contribution is 6.30. The third-order valence-corrected chi connectivity index (χ3v) is 5.20. The molecule has 0 aliphatic rings. The minimum atomic E-state index is -0.213. The summed E-state index contributed by atoms with van der Waals surface area (Å²) in [5.74, 6) is -0.213. The number of hydrogen-bond acceptors (Lipinski definition) is 5. The number of rotatable bonds is 5. The summed E-state index contributed by atoms with van der Waals surface area (Å²) in [4.78, 5) is 23.9. The van der Waals surface area contributed by atoms with Crippen LogP contribution in [-0.4, -0.2) is 39.8 Å². The first kappa shape index (κ1) is 18.8. The first-order valence-electron chi connectivity index (χ1n) is 9.38. The predicted molar refractivity (Wildman–Crippen MR) is 112 cm³/mol. The summed E-state index contributed by atoms with van der Waals surface area (Å²) in [7, 11) is 0. The molecule has 0 aromatic carbocycles. The van der Waals surface area contributed by atoms with E-state index in [0.717, 1.165) is 5.52 Å². The van der Waals surface area contributed by atoms with E-state index < -0.39 is 0 Å². The number of halogens is 1. The van der Waals surface area contributed by atoms with Crippen molar-refractivity contribution in [2.24, 2.45) is 0 Å². The monoisotopic (exact) mass is 430 g/mol. The molecule has 0 aliphatic carbocycles. The zero-order valence-corrected chi connectivity index (χ0v) is 16.9. The van der Waals surface area contributed by atoms with Gasteiger partial charge in [0, 0.05) is 23.6 Å². The van der Waals surface area contributed by atoms with E-state index in [-0.39, 0.29) is 19.0 Å². The maximum Gasteiger partial charge on any atom is 0.257 e. The van der Waals surface area contributed by atoms with Gasteiger partial charge in [0.05, 0.1) is 48.1 Å². The summed E-state index contributed by atoms with van der Waals surface area (Å²) in [5, 5.41) is 16.5. The number of imidazole rings is 2. The van der Waals surface area contributed by atoms with E-state index in [9.17, 15) is 10.1 Å². The van der Waals surface area contributed by atoms with Gasteiger partial charge in [-0.05, 0) is 24.3 Å². The Balaban J connectivity index is 1.52. The van der Waals surface area contributed by atoms with E-state index >= 15 is 0 Å². The molecule has 1 N–H and O–H groups in total. The summed E-state index contributed by atoms with van der Waals surface area (Å²) in [6.45, 7) is 0.482. The van der Waals surface area contributed by atoms with Crippen LogP contribution in [0, 0.1) is 11.3 Å². The SMILES string of the molecule is N#Cc1cccc2nc(CN(Cc3ncn4ccc(Cl)cc34)C(=O)c3cn[nH]c3)cn12. The first-order valence-corrected chi connectivity index (χ1v) is 9.76. The van der Waals surface area contributed by atoms with Crippen LogP contribution in [0.15, 0.2) is 61.4 Å². The van der Waals surface area contributed by atoms with Crippen LogP contribution in [0.5, 0.6) is 0 Å². The zero-order valence-electron chi connectivity index (χ0n) is 16.1. The molecule has 0 saturated carbocycles. The van der Waals surface area contributed by atoms with Crippen molar-refractivity contribution in [1.29, 1.82) is 5.26 Å². The van der Waals surface area contributed by atoms with Crippen LogP contribution in [0.3, 0.4) is 0 Å². The zero-order chi connectivity index (χ0) is 21.4. The van der Waals surface area contributed by atoms with E-state index in [0.29, 0.717) is 33.3 Å². The second-order valence-electron chi connectivity index (χ2n) is 6.96. The molecule has 5 aromatic heterocycles. The summed E-state index contributed by atoms with van der Waals surface area (Å²) in [6, 6.07) is 11.0. The summed E-state index contributed by atoms with van der Waals surface area (Å²) in [5.41, 5.74) is 3.73. The lowest BCUT2D eigenvalue weighted by atomic mass is 10.2. The summed E-state index contributed by atoms with van der Waals surface area (Å²) >= 11 is 6.16. The smallest absolute Gasteiger partial charge is 0.257 e. The Bertz CT molecular complexity index is 1440. The molecule has 0 radical (unpaired) electrons. The van der Waals surface area contributed by atoms with E-state index in [1.807, 2.05) is 22.7 Å². The Hall–Kier alpha value is -4.16. The molecule has 1 amide bonds. The Morgan fingerprint density at radius 3 is 3.00 bits per heavy atom. The van der Waals surface area contributed by atoms with Gasteiger partial charge in [0.15, 0.2) is 0 Å². The highest BCUT2D eigenvalue weighted by Crippen LogP contribution is 2.20. The number of nitrogens with zero attached hydrogens (tertiary/aromatic N) is 7. The molecule has 0 fully saturated rings. The van der Waals surface area contributed by atoms with Gasteiger partial charge in [-0.2, -0.15) is 10.4 Å². The molecule has 0 spiro atoms. The van der Waals surface area contributed by atoms with Crippen LogP contribution in [0.1, 0.15) is 27.4 Å². The number of carbonyl (C=O) groups is 1. The number of pyridine rings is 2. The maximum absolute atomic E-state index is 13.2. The molecule has 0 saturated heterocycles. The van der Waals surface area contributed by atoms with Crippen LogP contribution in [-0.2, 0) is 13.1 Å². The van der Waals surface area contributed by atoms with Gasteiger partial charge in [-0.25, -0.2) is 9.97 Å². The second kappa shape index (κ2) is 7.59. The molecule has 5 aromatic rings. The lowest BCUT2D eigenvalue weighted by molar-refractivity contribution is 0.0727. The average Bonchev–Trinajstić information content (AvgIpc) is 3.52. The van der Waals surface area contributed by atoms with Gasteiger partial charge in [0.1, 0.15) is 17.4 Å². The highest BCUT2D eigenvalue weighted by Gasteiger charge is 2.21. The van der Waals surface area contributed by atoms with Crippen molar-refractivity contribution in [1.82, 2.24) is 33.9 Å². The third kappa shape index (κ3) is 3.49. The predicted octanol–water partition coefficient (Wildman–Crippen LogP) is 3.07. The standard InChI is InChI=1S/C21H15ClN8O/c22-15-4-5-28-13-24-18(19(28)6-15)12-29(21(31)14-8-25-26-9-14)10-16-11-30-17(7-23)2-1-3-20(30)27-16/h1-6,8-9,11,13H,10,12H2,(H,25,26). The number of carbonyl (C=O) groups excluding carboxylic acids is 1. The summed E-state index contributed by atoms with van der Waals surface area (Å²) in [6.07, 6.45) is 8.31. The van der Waals surface area contributed by atoms with Crippen molar-refractivity contribution in [2.45, 2.75) is 13.1 Å². The molecule has 5 rings (SSSR count). The Labute approximate surface area is 181 Å². The minimum absolute atomic E-state index is 0.213. The molecule has 5 heterocycles. The molecule has 0 unspecified atom stereocenters. The third-order valence-electron chi connectivity index (χ3n) is 4.96. The molecule has 10 heteroatoms. The summed E-state index contributed by atoms with van der Waals surface area (Å²) < 4.78 is 3.56. The Kier molecular flexibility index (Phi) is 4.61. The molecule has 0 bridgehead atoms. The van der Waals surface area contributed by atoms with Crippen LogP contribution >= 0.6 is 11.6 Å². The van der Waals surface area contributed by atoms with Gasteiger partial charge in [-0.15, -0.1) is 0 Å². The van der Waals surface area contributed by atoms with Crippen molar-refractivity contribution in [3.8, 4) is 6.07 Å². The number of hydrogen-bond donors (Lipinski definition) is 1. The molecular weight excluding hydrogens is 416 g/mol. The van der Waals surface area contributed by atoms with Crippen molar-refractivity contribution in [3.05, 3.63) is 89.1 Å². The normalized spacial score (nSPS) is 11.1. The molecule has 0 aliphatic heterocycles. The molecule has 0 atom stereocenters. The van der Waals surface area contributed by atoms with Gasteiger partial charge < -0.3 is 9.30 Å². The Morgan fingerprint density at radius 2 is 2.19 bits per heavy atom. The number of H-pyrrole nitrogens is 1. The van der Waals surface area contributed by atoms with Crippen molar-refractivity contribution < 1.29 is 4.79 Å². The van der Waals surface area contributed by atoms with Crippen molar-refractivity contribution in [3.63, 3.8) is 0 Å². The minimum Gasteiger partial charge on any atom is -0.327 e. The van der Waals surface area contributed by atoms with Gasteiger partial charge in [-0.3, -0.25) is 14.3 Å². The first-order chi connectivity index (χ1) is 15.1. The fourth-order valence-electron chi connectivity index (χ4n) is 3.49. The van der Waals surface area contributed by atoms with Crippen LogP contribution in [0.25, 0.3) is 11.2 Å². The number of nitrogens with one attached hydrogen (secondary N) is 1. The number of aromatic amines is 1. The average molecular weight is 431 g/mol. The van der Waals surface area contributed by atoms with E-state index in [1.54, 1.807) is 46.2 Å². The number of nitriles is 1. The maximum atomic E-state index is 13.2. The lowest BCUT2D eigenvalue weighted by Gasteiger charge is -2.20. The number of fused-ring (bicyclic) bond motifs is 2. The van der Waals surface area contributed by atoms with Crippen molar-refractivity contribution >= 4 is 28.7 Å². The van der Waals surface area contributed by atoms with Crippen molar-refractivity contribution in [2.75, 3.05) is 0 Å². The van der Waals surface area contributed by atoms with Gasteiger partial charge in [-0.1, -0.05) is 17.7 Å². The van der Waals surface area contributed by atoms with Gasteiger partial charge in [0.25, 0.3) is 5.91 Å². The Morgan fingerprint density at radius 1 is 1.29 bits per heavy atom. The van der Waals surface area contributed by atoms with E-state index in [4.69, 9.17) is 11.6 Å². The molecular formula is C21H15ClN8O. The fraction of sp³-hybridized carbons (Fsp3) is 0.0952. The molecule has 152 valence electrons. The number of amides is 1. The van der Waals surface area contributed by atoms with Gasteiger partial charge >= 0.3 is 0 Å². The van der Waals surface area contributed by atoms with Gasteiger partial charge in [0.2, 0.25) is 0 Å². The largest absolute Gasteiger partial charge is 0.327 e. The molecule has 31 heavy (non-hydrogen) atoms. The number of aromatic nitrogens is 6. The van der Waals surface area contributed by atoms with Crippen LogP contribution < -0.4 is 0 Å². The lowest BCUT2D eigenvalue weighted by Crippen LogP contribution is -2.30. The molecule has 9 nitrogen and oxygen atoms in total. The van der Waals surface area contributed by atoms with Crippen LogP contribution in [0.4, 0.5) is 0 Å². The quantitative estimate of drug-likeness (QED) is 0.461. The second-order valence-corrected chi connectivity index (χ2v) is 7.40. The topological polar surface area (TPSA) is 107 Å². The fourth-order valence-corrected chi connectivity index (χ4v) is 3.65.